The summed E-state index contributed by atoms with van der Waals surface area (Å²) in [5.74, 6) is 0.900. The second-order valence-corrected chi connectivity index (χ2v) is 4.61. The summed E-state index contributed by atoms with van der Waals surface area (Å²) in [6.07, 6.45) is 2.40. The van der Waals surface area contributed by atoms with Crippen LogP contribution in [0.5, 0.6) is 0 Å². The first-order valence-corrected chi connectivity index (χ1v) is 6.33. The third kappa shape index (κ3) is 2.58. The molecule has 1 aromatic heterocycles. The van der Waals surface area contributed by atoms with Crippen molar-refractivity contribution in [3.8, 4) is 0 Å². The Labute approximate surface area is 111 Å². The number of carbonyl (C=O) groups excluding carboxylic acids is 1. The minimum absolute atomic E-state index is 0.173. The largest absolute Gasteiger partial charge is 0.469 e. The first-order valence-electron chi connectivity index (χ1n) is 6.33. The molecule has 94 valence electrons. The highest BCUT2D eigenvalue weighted by Gasteiger charge is 2.09. The van der Waals surface area contributed by atoms with Gasteiger partial charge in [0, 0.05) is 6.42 Å². The van der Waals surface area contributed by atoms with Crippen LogP contribution >= 0.6 is 0 Å². The highest BCUT2D eigenvalue weighted by Crippen LogP contribution is 2.19. The normalized spacial score (nSPS) is 10.7. The van der Waals surface area contributed by atoms with Crippen LogP contribution in [-0.4, -0.2) is 5.78 Å². The van der Waals surface area contributed by atoms with Gasteiger partial charge in [-0.2, -0.15) is 0 Å². The lowest BCUT2D eigenvalue weighted by Crippen LogP contribution is -2.06. The molecule has 0 radical (unpaired) electrons. The molecule has 0 aliphatic heterocycles. The van der Waals surface area contributed by atoms with E-state index in [1.54, 1.807) is 12.3 Å². The van der Waals surface area contributed by atoms with Crippen molar-refractivity contribution < 1.29 is 9.21 Å². The molecule has 2 heteroatoms. The predicted octanol–water partition coefficient (Wildman–Crippen LogP) is 3.79. The fraction of sp³-hybridized carbons (Fsp3) is 0.118. The summed E-state index contributed by atoms with van der Waals surface area (Å²) >= 11 is 0. The number of Topliss-reactive ketones (excluding diaryl/α,β-unsaturated/α-hetero) is 1. The van der Waals surface area contributed by atoms with Gasteiger partial charge in [0.25, 0.3) is 0 Å². The summed E-state index contributed by atoms with van der Waals surface area (Å²) < 4.78 is 5.21. The summed E-state index contributed by atoms with van der Waals surface area (Å²) in [7, 11) is 0. The number of fused-ring (bicyclic) bond motifs is 1. The number of ketones is 1. The summed E-state index contributed by atoms with van der Waals surface area (Å²) in [6.45, 7) is 0. The zero-order valence-corrected chi connectivity index (χ0v) is 10.5. The van der Waals surface area contributed by atoms with Gasteiger partial charge >= 0.3 is 0 Å². The van der Waals surface area contributed by atoms with Crippen molar-refractivity contribution in [1.29, 1.82) is 0 Å². The van der Waals surface area contributed by atoms with Crippen molar-refractivity contribution in [2.24, 2.45) is 0 Å². The van der Waals surface area contributed by atoms with E-state index in [0.29, 0.717) is 12.8 Å². The second kappa shape index (κ2) is 5.11. The molecule has 19 heavy (non-hydrogen) atoms. The number of carbonyl (C=O) groups is 1. The van der Waals surface area contributed by atoms with Crippen LogP contribution in [0.15, 0.2) is 65.3 Å². The van der Waals surface area contributed by atoms with Crippen LogP contribution in [0.4, 0.5) is 0 Å². The smallest absolute Gasteiger partial charge is 0.144 e. The molecule has 3 aromatic rings. The van der Waals surface area contributed by atoms with Gasteiger partial charge in [-0.15, -0.1) is 0 Å². The van der Waals surface area contributed by atoms with E-state index >= 15 is 0 Å². The molecule has 0 bridgehead atoms. The highest BCUT2D eigenvalue weighted by molar-refractivity contribution is 5.91. The third-order valence-corrected chi connectivity index (χ3v) is 3.22. The van der Waals surface area contributed by atoms with Gasteiger partial charge in [-0.3, -0.25) is 4.79 Å². The van der Waals surface area contributed by atoms with Crippen LogP contribution in [0.25, 0.3) is 10.8 Å². The lowest BCUT2D eigenvalue weighted by Gasteiger charge is -2.05. The van der Waals surface area contributed by atoms with Crippen molar-refractivity contribution >= 4 is 16.6 Å². The fourth-order valence-electron chi connectivity index (χ4n) is 2.33. The maximum Gasteiger partial charge on any atom is 0.144 e. The van der Waals surface area contributed by atoms with Gasteiger partial charge in [-0.05, 0) is 28.5 Å². The van der Waals surface area contributed by atoms with Gasteiger partial charge in [-0.1, -0.05) is 42.5 Å². The average Bonchev–Trinajstić information content (AvgIpc) is 2.92. The van der Waals surface area contributed by atoms with Crippen molar-refractivity contribution in [2.45, 2.75) is 12.8 Å². The maximum absolute atomic E-state index is 12.1. The molecule has 0 amide bonds. The van der Waals surface area contributed by atoms with Gasteiger partial charge < -0.3 is 4.42 Å². The second-order valence-electron chi connectivity index (χ2n) is 4.61. The summed E-state index contributed by atoms with van der Waals surface area (Å²) in [5.41, 5.74) is 1.08. The Balaban J connectivity index is 1.83. The van der Waals surface area contributed by atoms with Crippen LogP contribution in [-0.2, 0) is 17.6 Å². The Morgan fingerprint density at radius 1 is 0.895 bits per heavy atom. The molecule has 0 saturated carbocycles. The van der Waals surface area contributed by atoms with Crippen LogP contribution in [0.2, 0.25) is 0 Å². The van der Waals surface area contributed by atoms with Gasteiger partial charge in [0.1, 0.15) is 11.5 Å². The van der Waals surface area contributed by atoms with Crippen LogP contribution in [0.3, 0.4) is 0 Å². The number of hydrogen-bond acceptors (Lipinski definition) is 2. The Hall–Kier alpha value is -2.35. The molecule has 0 spiro atoms. The minimum atomic E-state index is 0.173. The van der Waals surface area contributed by atoms with Crippen molar-refractivity contribution in [1.82, 2.24) is 0 Å². The van der Waals surface area contributed by atoms with E-state index in [9.17, 15) is 4.79 Å². The Kier molecular flexibility index (Phi) is 3.15. The van der Waals surface area contributed by atoms with Crippen LogP contribution < -0.4 is 0 Å². The maximum atomic E-state index is 12.1. The van der Waals surface area contributed by atoms with E-state index in [-0.39, 0.29) is 5.78 Å². The van der Waals surface area contributed by atoms with E-state index in [4.69, 9.17) is 4.42 Å². The van der Waals surface area contributed by atoms with Crippen LogP contribution in [0, 0.1) is 0 Å². The van der Waals surface area contributed by atoms with Gasteiger partial charge in [0.2, 0.25) is 0 Å². The molecule has 0 unspecified atom stereocenters. The van der Waals surface area contributed by atoms with Crippen LogP contribution in [0.1, 0.15) is 11.3 Å². The summed E-state index contributed by atoms with van der Waals surface area (Å²) in [5, 5.41) is 2.32. The minimum Gasteiger partial charge on any atom is -0.469 e. The van der Waals surface area contributed by atoms with E-state index in [0.717, 1.165) is 16.7 Å². The molecule has 0 atom stereocenters. The molecule has 3 rings (SSSR count). The van der Waals surface area contributed by atoms with Gasteiger partial charge in [0.05, 0.1) is 12.7 Å². The molecule has 2 aromatic carbocycles. The van der Waals surface area contributed by atoms with Crippen molar-refractivity contribution in [3.63, 3.8) is 0 Å². The molecule has 0 fully saturated rings. The van der Waals surface area contributed by atoms with E-state index < -0.39 is 0 Å². The molecule has 0 N–H and O–H groups in total. The number of hydrogen-bond donors (Lipinski definition) is 0. The Morgan fingerprint density at radius 3 is 2.58 bits per heavy atom. The van der Waals surface area contributed by atoms with E-state index in [1.807, 2.05) is 30.3 Å². The van der Waals surface area contributed by atoms with Crippen molar-refractivity contribution in [2.75, 3.05) is 0 Å². The monoisotopic (exact) mass is 250 g/mol. The number of benzene rings is 2. The fourth-order valence-corrected chi connectivity index (χ4v) is 2.33. The molecular formula is C17H14O2. The topological polar surface area (TPSA) is 30.2 Å². The first kappa shape index (κ1) is 11.7. The first-order chi connectivity index (χ1) is 9.33. The van der Waals surface area contributed by atoms with Gasteiger partial charge in [-0.25, -0.2) is 0 Å². The lowest BCUT2D eigenvalue weighted by atomic mass is 9.99. The molecular weight excluding hydrogens is 236 g/mol. The molecule has 2 nitrogen and oxygen atoms in total. The molecule has 0 aliphatic rings. The zero-order chi connectivity index (χ0) is 13.1. The summed E-state index contributed by atoms with van der Waals surface area (Å²) in [4.78, 5) is 12.1. The van der Waals surface area contributed by atoms with Gasteiger partial charge in [0.15, 0.2) is 0 Å². The quantitative estimate of drug-likeness (QED) is 0.705. The Bertz CT molecular complexity index is 691. The third-order valence-electron chi connectivity index (χ3n) is 3.22. The van der Waals surface area contributed by atoms with E-state index in [2.05, 4.69) is 18.2 Å². The predicted molar refractivity (Wildman–Crippen MR) is 75.1 cm³/mol. The Morgan fingerprint density at radius 2 is 1.74 bits per heavy atom. The number of rotatable bonds is 4. The van der Waals surface area contributed by atoms with E-state index in [1.165, 1.54) is 5.39 Å². The standard InChI is InChI=1S/C17H14O2/c18-15(12-16-8-4-10-19-16)11-14-7-3-6-13-5-1-2-9-17(13)14/h1-10H,11-12H2. The lowest BCUT2D eigenvalue weighted by molar-refractivity contribution is -0.118. The average molecular weight is 250 g/mol. The summed E-state index contributed by atoms with van der Waals surface area (Å²) in [6, 6.07) is 17.9. The molecule has 0 saturated heterocycles. The van der Waals surface area contributed by atoms with Crippen molar-refractivity contribution in [3.05, 3.63) is 72.2 Å². The SMILES string of the molecule is O=C(Cc1ccco1)Cc1cccc2ccccc12. The molecule has 0 aliphatic carbocycles. The molecule has 1 heterocycles. The number of furan rings is 1. The highest BCUT2D eigenvalue weighted by atomic mass is 16.3. The zero-order valence-electron chi connectivity index (χ0n) is 10.5.